The van der Waals surface area contributed by atoms with Crippen LogP contribution in [0.1, 0.15) is 6.92 Å². The van der Waals surface area contributed by atoms with Crippen molar-refractivity contribution in [3.8, 4) is 0 Å². The first-order valence-corrected chi connectivity index (χ1v) is 7.32. The zero-order valence-electron chi connectivity index (χ0n) is 11.5. The molecule has 0 aromatic heterocycles. The van der Waals surface area contributed by atoms with Crippen molar-refractivity contribution in [1.82, 2.24) is 0 Å². The maximum absolute atomic E-state index is 11.1. The summed E-state index contributed by atoms with van der Waals surface area (Å²) in [7, 11) is -0.694. The summed E-state index contributed by atoms with van der Waals surface area (Å²) in [6.07, 6.45) is -1.18. The van der Waals surface area contributed by atoms with E-state index in [0.717, 1.165) is 0 Å². The second-order valence-electron chi connectivity index (χ2n) is 5.16. The number of nitrogens with zero attached hydrogens (tertiary/aromatic N) is 1. The Morgan fingerprint density at radius 1 is 1.42 bits per heavy atom. The molecule has 112 valence electrons. The van der Waals surface area contributed by atoms with Crippen LogP contribution in [0, 0.1) is 0 Å². The van der Waals surface area contributed by atoms with E-state index in [1.165, 1.54) is 6.92 Å². The van der Waals surface area contributed by atoms with E-state index in [0.29, 0.717) is 12.1 Å². The molecule has 0 heterocycles. The first kappa shape index (κ1) is 18.0. The van der Waals surface area contributed by atoms with Crippen LogP contribution in [-0.2, 0) is 19.6 Å². The predicted molar refractivity (Wildman–Crippen MR) is 70.0 cm³/mol. The van der Waals surface area contributed by atoms with Gasteiger partial charge in [0.05, 0.1) is 14.1 Å². The Morgan fingerprint density at radius 2 is 1.95 bits per heavy atom. The van der Waals surface area contributed by atoms with Crippen LogP contribution in [0.25, 0.3) is 0 Å². The number of esters is 1. The Kier molecular flexibility index (Phi) is 6.64. The van der Waals surface area contributed by atoms with E-state index in [1.807, 2.05) is 0 Å². The van der Waals surface area contributed by atoms with Crippen molar-refractivity contribution < 1.29 is 32.1 Å². The van der Waals surface area contributed by atoms with E-state index in [1.54, 1.807) is 14.1 Å². The lowest BCUT2D eigenvalue weighted by Gasteiger charge is -2.31. The van der Waals surface area contributed by atoms with Crippen LogP contribution >= 0.6 is 0 Å². The Balaban J connectivity index is 4.18. The zero-order valence-corrected chi connectivity index (χ0v) is 12.3. The maximum Gasteiger partial charge on any atom is 0.333 e. The normalized spacial score (nSPS) is 13.9. The molecule has 0 amide bonds. The molecule has 0 fully saturated rings. The zero-order chi connectivity index (χ0) is 15.3. The van der Waals surface area contributed by atoms with Gasteiger partial charge in [-0.05, 0) is 6.92 Å². The fourth-order valence-corrected chi connectivity index (χ4v) is 2.06. The molecule has 7 nitrogen and oxygen atoms in total. The molecular weight excluding hydrogens is 274 g/mol. The van der Waals surface area contributed by atoms with Crippen LogP contribution < -0.4 is 0 Å². The largest absolute Gasteiger partial charge is 0.456 e. The third kappa shape index (κ3) is 9.60. The van der Waals surface area contributed by atoms with E-state index < -0.39 is 27.9 Å². The average Bonchev–Trinajstić information content (AvgIpc) is 2.12. The van der Waals surface area contributed by atoms with Gasteiger partial charge < -0.3 is 14.3 Å². The van der Waals surface area contributed by atoms with E-state index in [9.17, 15) is 18.3 Å². The monoisotopic (exact) mass is 296 g/mol. The van der Waals surface area contributed by atoms with Crippen LogP contribution in [0.5, 0.6) is 0 Å². The van der Waals surface area contributed by atoms with Crippen molar-refractivity contribution in [3.63, 3.8) is 0 Å². The lowest BCUT2D eigenvalue weighted by Crippen LogP contribution is -2.49. The number of aliphatic hydroxyl groups excluding tert-OH is 1. The third-order valence-corrected chi connectivity index (χ3v) is 3.19. The number of rotatable bonds is 8. The summed E-state index contributed by atoms with van der Waals surface area (Å²) in [5.74, 6) is -1.20. The molecule has 0 aliphatic rings. The molecule has 2 N–H and O–H groups in total. The second kappa shape index (κ2) is 6.99. The summed E-state index contributed by atoms with van der Waals surface area (Å²) in [6.45, 7) is 5.64. The number of hydrogen-bond acceptors (Lipinski definition) is 5. The van der Waals surface area contributed by atoms with Crippen LogP contribution in [0.2, 0.25) is 0 Å². The van der Waals surface area contributed by atoms with Gasteiger partial charge in [-0.1, -0.05) is 6.58 Å². The van der Waals surface area contributed by atoms with Crippen LogP contribution in [0.3, 0.4) is 0 Å². The van der Waals surface area contributed by atoms with E-state index in [-0.39, 0.29) is 17.6 Å². The Morgan fingerprint density at radius 3 is 2.37 bits per heavy atom. The van der Waals surface area contributed by atoms with E-state index in [4.69, 9.17) is 9.29 Å². The Labute approximate surface area is 113 Å². The molecule has 8 heteroatoms. The molecule has 0 aliphatic carbocycles. The highest BCUT2D eigenvalue weighted by atomic mass is 32.2. The van der Waals surface area contributed by atoms with Crippen molar-refractivity contribution in [2.45, 2.75) is 13.0 Å². The minimum Gasteiger partial charge on any atom is -0.456 e. The average molecular weight is 296 g/mol. The van der Waals surface area contributed by atoms with E-state index in [2.05, 4.69) is 6.58 Å². The quantitative estimate of drug-likeness (QED) is 0.269. The summed E-state index contributed by atoms with van der Waals surface area (Å²) >= 11 is 0. The van der Waals surface area contributed by atoms with Crippen LogP contribution in [-0.4, -0.2) is 74.2 Å². The van der Waals surface area contributed by atoms with Gasteiger partial charge in [0.2, 0.25) is 0 Å². The number of carbonyl (C=O) groups is 1. The highest BCUT2D eigenvalue weighted by molar-refractivity contribution is 7.85. The molecule has 0 spiro atoms. The number of ether oxygens (including phenoxy) is 1. The van der Waals surface area contributed by atoms with E-state index >= 15 is 0 Å². The van der Waals surface area contributed by atoms with Gasteiger partial charge in [-0.15, -0.1) is 0 Å². The molecule has 0 bridgehead atoms. The van der Waals surface area contributed by atoms with Gasteiger partial charge in [0.25, 0.3) is 10.1 Å². The molecule has 0 aromatic rings. The Bertz CT molecular complexity index is 428. The number of hydrogen-bond donors (Lipinski definition) is 2. The van der Waals surface area contributed by atoms with Crippen molar-refractivity contribution in [2.75, 3.05) is 39.5 Å². The molecule has 0 saturated carbocycles. The first-order chi connectivity index (χ1) is 8.43. The highest BCUT2D eigenvalue weighted by Gasteiger charge is 2.24. The summed E-state index contributed by atoms with van der Waals surface area (Å²) in [4.78, 5) is 11.1. The molecule has 19 heavy (non-hydrogen) atoms. The lowest BCUT2D eigenvalue weighted by atomic mass is 10.3. The summed E-state index contributed by atoms with van der Waals surface area (Å²) in [5.41, 5.74) is 0.303. The lowest BCUT2D eigenvalue weighted by molar-refractivity contribution is -0.893. The fraction of sp³-hybridized carbons (Fsp3) is 0.727. The minimum absolute atomic E-state index is 0.115. The third-order valence-electron chi connectivity index (χ3n) is 2.39. The highest BCUT2D eigenvalue weighted by Crippen LogP contribution is 2.03. The van der Waals surface area contributed by atoms with Gasteiger partial charge >= 0.3 is 5.97 Å². The number of quaternary nitrogens is 1. The van der Waals surface area contributed by atoms with Crippen LogP contribution in [0.15, 0.2) is 12.2 Å². The van der Waals surface area contributed by atoms with Crippen molar-refractivity contribution in [3.05, 3.63) is 12.2 Å². The van der Waals surface area contributed by atoms with Crippen molar-refractivity contribution >= 4 is 16.1 Å². The van der Waals surface area contributed by atoms with Gasteiger partial charge in [0.15, 0.2) is 0 Å². The molecule has 0 saturated heterocycles. The van der Waals surface area contributed by atoms with Gasteiger partial charge in [-0.2, -0.15) is 8.42 Å². The summed E-state index contributed by atoms with van der Waals surface area (Å²) < 4.78 is 35.0. The molecular formula is C11H22NO6S+. The SMILES string of the molecule is C=C(C)C(=O)OCC[N+](C)(C)CC(O)CS(=O)(=O)O. The summed E-state index contributed by atoms with van der Waals surface area (Å²) in [5, 5.41) is 9.54. The maximum atomic E-state index is 11.1. The molecule has 0 aromatic carbocycles. The van der Waals surface area contributed by atoms with Gasteiger partial charge in [-0.25, -0.2) is 4.79 Å². The topological polar surface area (TPSA) is 101 Å². The Hall–Kier alpha value is -0.960. The molecule has 0 radical (unpaired) electrons. The van der Waals surface area contributed by atoms with Crippen molar-refractivity contribution in [2.24, 2.45) is 0 Å². The number of aliphatic hydroxyl groups is 1. The number of likely N-dealkylation sites (N-methyl/N-ethyl adjacent to an activating group) is 1. The standard InChI is InChI=1S/C11H21NO6S/c1-9(2)11(14)18-6-5-12(3,4)7-10(13)8-19(15,16)17/h10,13H,1,5-8H2,2-4H3/p+1. The second-order valence-corrected chi connectivity index (χ2v) is 6.66. The minimum atomic E-state index is -4.20. The smallest absolute Gasteiger partial charge is 0.333 e. The fourth-order valence-electron chi connectivity index (χ4n) is 1.47. The van der Waals surface area contributed by atoms with Gasteiger partial charge in [0, 0.05) is 5.57 Å². The molecule has 1 unspecified atom stereocenters. The molecule has 1 atom stereocenters. The number of carbonyl (C=O) groups excluding carboxylic acids is 1. The first-order valence-electron chi connectivity index (χ1n) is 5.71. The summed E-state index contributed by atoms with van der Waals surface area (Å²) in [6, 6.07) is 0. The molecule has 0 aliphatic heterocycles. The molecule has 0 rings (SSSR count). The predicted octanol–water partition coefficient (Wildman–Crippen LogP) is -0.569. The van der Waals surface area contributed by atoms with Gasteiger partial charge in [0.1, 0.15) is 31.6 Å². The van der Waals surface area contributed by atoms with Crippen molar-refractivity contribution in [1.29, 1.82) is 0 Å². The van der Waals surface area contributed by atoms with Gasteiger partial charge in [-0.3, -0.25) is 4.55 Å². The van der Waals surface area contributed by atoms with Crippen LogP contribution in [0.4, 0.5) is 0 Å².